The summed E-state index contributed by atoms with van der Waals surface area (Å²) in [4.78, 5) is 32.4. The van der Waals surface area contributed by atoms with Gasteiger partial charge in [0.1, 0.15) is 11.3 Å². The highest BCUT2D eigenvalue weighted by Crippen LogP contribution is 2.32. The fourth-order valence-electron chi connectivity index (χ4n) is 4.40. The van der Waals surface area contributed by atoms with E-state index in [2.05, 4.69) is 27.1 Å². The van der Waals surface area contributed by atoms with Gasteiger partial charge in [-0.1, -0.05) is 0 Å². The van der Waals surface area contributed by atoms with Crippen molar-refractivity contribution < 1.29 is 9.66 Å². The SMILES string of the molecule is COc1ccc2[nH]c3c([N+](=O)[O-])ccc(Nc4ccc(N5CCN(C)CC5)cc4)c3c(=O)c2c1. The van der Waals surface area contributed by atoms with Crippen LogP contribution in [0.5, 0.6) is 5.75 Å². The summed E-state index contributed by atoms with van der Waals surface area (Å²) in [6.45, 7) is 4.00. The number of rotatable bonds is 5. The number of aromatic nitrogens is 1. The molecule has 0 radical (unpaired) electrons. The van der Waals surface area contributed by atoms with Gasteiger partial charge in [0.2, 0.25) is 0 Å². The van der Waals surface area contributed by atoms with E-state index in [9.17, 15) is 14.9 Å². The molecule has 1 aromatic heterocycles. The van der Waals surface area contributed by atoms with Gasteiger partial charge in [0.05, 0.1) is 28.6 Å². The number of ether oxygens (including phenoxy) is 1. The van der Waals surface area contributed by atoms with Crippen molar-refractivity contribution in [3.05, 3.63) is 74.9 Å². The number of pyridine rings is 1. The Morgan fingerprint density at radius 2 is 1.76 bits per heavy atom. The average molecular weight is 460 g/mol. The highest BCUT2D eigenvalue weighted by Gasteiger charge is 2.20. The summed E-state index contributed by atoms with van der Waals surface area (Å²) >= 11 is 0. The van der Waals surface area contributed by atoms with Crippen LogP contribution in [0.15, 0.2) is 59.4 Å². The number of nitrogens with zero attached hydrogens (tertiary/aromatic N) is 3. The summed E-state index contributed by atoms with van der Waals surface area (Å²) in [5.74, 6) is 0.539. The van der Waals surface area contributed by atoms with Gasteiger partial charge in [-0.3, -0.25) is 14.9 Å². The number of hydrogen-bond acceptors (Lipinski definition) is 7. The summed E-state index contributed by atoms with van der Waals surface area (Å²) in [5, 5.41) is 15.6. The largest absolute Gasteiger partial charge is 0.497 e. The quantitative estimate of drug-likeness (QED) is 0.263. The van der Waals surface area contributed by atoms with Crippen LogP contribution in [-0.4, -0.2) is 55.1 Å². The van der Waals surface area contributed by atoms with Crippen LogP contribution >= 0.6 is 0 Å². The molecular formula is C25H25N5O4. The molecule has 4 aromatic rings. The van der Waals surface area contributed by atoms with Crippen molar-refractivity contribution in [3.63, 3.8) is 0 Å². The van der Waals surface area contributed by atoms with Crippen molar-refractivity contribution in [2.45, 2.75) is 0 Å². The third kappa shape index (κ3) is 3.90. The summed E-state index contributed by atoms with van der Waals surface area (Å²) in [6, 6.07) is 16.0. The van der Waals surface area contributed by atoms with Crippen LogP contribution < -0.4 is 20.4 Å². The molecule has 0 saturated carbocycles. The Morgan fingerprint density at radius 1 is 1.03 bits per heavy atom. The molecule has 1 saturated heterocycles. The maximum Gasteiger partial charge on any atom is 0.293 e. The van der Waals surface area contributed by atoms with E-state index in [1.165, 1.54) is 13.2 Å². The van der Waals surface area contributed by atoms with Gasteiger partial charge in [0, 0.05) is 49.0 Å². The van der Waals surface area contributed by atoms with Gasteiger partial charge < -0.3 is 24.8 Å². The number of fused-ring (bicyclic) bond motifs is 2. The molecule has 174 valence electrons. The van der Waals surface area contributed by atoms with Gasteiger partial charge in [-0.15, -0.1) is 0 Å². The van der Waals surface area contributed by atoms with E-state index in [4.69, 9.17) is 4.74 Å². The van der Waals surface area contributed by atoms with Crippen LogP contribution in [0.1, 0.15) is 0 Å². The Labute approximate surface area is 195 Å². The van der Waals surface area contributed by atoms with Gasteiger partial charge >= 0.3 is 0 Å². The van der Waals surface area contributed by atoms with Crippen LogP contribution in [-0.2, 0) is 0 Å². The topological polar surface area (TPSA) is 104 Å². The number of nitro benzene ring substituents is 1. The third-order valence-electron chi connectivity index (χ3n) is 6.35. The van der Waals surface area contributed by atoms with E-state index in [1.807, 2.05) is 24.3 Å². The van der Waals surface area contributed by atoms with Crippen molar-refractivity contribution in [1.29, 1.82) is 0 Å². The van der Waals surface area contributed by atoms with Crippen molar-refractivity contribution in [2.75, 3.05) is 50.6 Å². The number of non-ortho nitro benzene ring substituents is 1. The molecule has 0 aliphatic carbocycles. The zero-order chi connectivity index (χ0) is 23.8. The van der Waals surface area contributed by atoms with E-state index in [0.29, 0.717) is 22.3 Å². The van der Waals surface area contributed by atoms with Gasteiger partial charge in [-0.2, -0.15) is 0 Å². The van der Waals surface area contributed by atoms with Crippen LogP contribution in [0.3, 0.4) is 0 Å². The Hall–Kier alpha value is -4.11. The lowest BCUT2D eigenvalue weighted by atomic mass is 10.1. The van der Waals surface area contributed by atoms with E-state index in [0.717, 1.165) is 37.6 Å². The van der Waals surface area contributed by atoms with E-state index < -0.39 is 4.92 Å². The summed E-state index contributed by atoms with van der Waals surface area (Å²) in [7, 11) is 3.65. The first-order valence-electron chi connectivity index (χ1n) is 11.1. The first kappa shape index (κ1) is 21.7. The monoisotopic (exact) mass is 459 g/mol. The van der Waals surface area contributed by atoms with E-state index in [1.54, 1.807) is 24.3 Å². The highest BCUT2D eigenvalue weighted by atomic mass is 16.6. The number of aromatic amines is 1. The van der Waals surface area contributed by atoms with Crippen LogP contribution in [0, 0.1) is 10.1 Å². The molecule has 0 bridgehead atoms. The minimum atomic E-state index is -0.484. The molecule has 1 aliphatic heterocycles. The Kier molecular flexibility index (Phi) is 5.54. The predicted molar refractivity (Wildman–Crippen MR) is 135 cm³/mol. The van der Waals surface area contributed by atoms with Crippen LogP contribution in [0.2, 0.25) is 0 Å². The maximum absolute atomic E-state index is 13.5. The molecule has 2 N–H and O–H groups in total. The number of methoxy groups -OCH3 is 1. The van der Waals surface area contributed by atoms with Crippen molar-refractivity contribution in [1.82, 2.24) is 9.88 Å². The second-order valence-corrected chi connectivity index (χ2v) is 8.47. The Balaban J connectivity index is 1.56. The molecule has 9 heteroatoms. The van der Waals surface area contributed by atoms with Crippen LogP contribution in [0.25, 0.3) is 21.8 Å². The second-order valence-electron chi connectivity index (χ2n) is 8.47. The molecule has 0 atom stereocenters. The smallest absolute Gasteiger partial charge is 0.293 e. The molecule has 1 fully saturated rings. The van der Waals surface area contributed by atoms with Gasteiger partial charge in [0.15, 0.2) is 5.43 Å². The zero-order valence-electron chi connectivity index (χ0n) is 19.0. The number of nitrogens with one attached hydrogen (secondary N) is 2. The number of hydrogen-bond donors (Lipinski definition) is 2. The third-order valence-corrected chi connectivity index (χ3v) is 6.35. The summed E-state index contributed by atoms with van der Waals surface area (Å²) < 4.78 is 5.26. The molecule has 0 amide bonds. The molecule has 5 rings (SSSR count). The minimum Gasteiger partial charge on any atom is -0.497 e. The van der Waals surface area contributed by atoms with Gasteiger partial charge in [-0.25, -0.2) is 0 Å². The zero-order valence-corrected chi connectivity index (χ0v) is 19.0. The van der Waals surface area contributed by atoms with Crippen LogP contribution in [0.4, 0.5) is 22.7 Å². The predicted octanol–water partition coefficient (Wildman–Crippen LogP) is 4.09. The average Bonchev–Trinajstić information content (AvgIpc) is 2.85. The minimum absolute atomic E-state index is 0.152. The normalized spacial score (nSPS) is 14.5. The maximum atomic E-state index is 13.5. The summed E-state index contributed by atoms with van der Waals surface area (Å²) in [5.41, 5.74) is 2.67. The van der Waals surface area contributed by atoms with Gasteiger partial charge in [-0.05, 0) is 55.6 Å². The standard InChI is InChI=1S/C25H25N5O4/c1-28-11-13-29(14-12-28)17-5-3-16(4-6-17)26-21-9-10-22(30(32)33)24-23(21)25(31)19-15-18(34-2)7-8-20(19)27-24/h3-10,15,26H,11-14H2,1-2H3,(H,27,31). The molecule has 2 heterocycles. The van der Waals surface area contributed by atoms with Crippen molar-refractivity contribution in [2.24, 2.45) is 0 Å². The fraction of sp³-hybridized carbons (Fsp3) is 0.240. The number of H-pyrrole nitrogens is 1. The Morgan fingerprint density at radius 3 is 2.44 bits per heavy atom. The first-order chi connectivity index (χ1) is 16.4. The number of piperazine rings is 1. The number of likely N-dealkylation sites (N-methyl/N-ethyl adjacent to an activating group) is 1. The highest BCUT2D eigenvalue weighted by molar-refractivity contribution is 6.04. The van der Waals surface area contributed by atoms with Gasteiger partial charge in [0.25, 0.3) is 5.69 Å². The van der Waals surface area contributed by atoms with Crippen molar-refractivity contribution in [3.8, 4) is 5.75 Å². The number of benzene rings is 3. The lowest BCUT2D eigenvalue weighted by Crippen LogP contribution is -2.44. The fourth-order valence-corrected chi connectivity index (χ4v) is 4.40. The molecule has 0 spiro atoms. The lowest BCUT2D eigenvalue weighted by molar-refractivity contribution is -0.383. The summed E-state index contributed by atoms with van der Waals surface area (Å²) in [6.07, 6.45) is 0. The van der Waals surface area contributed by atoms with Crippen molar-refractivity contribution >= 4 is 44.6 Å². The first-order valence-corrected chi connectivity index (χ1v) is 11.1. The molecule has 3 aromatic carbocycles. The molecule has 9 nitrogen and oxygen atoms in total. The number of anilines is 3. The Bertz CT molecular complexity index is 1440. The molecule has 0 unspecified atom stereocenters. The number of nitro groups is 1. The second kappa shape index (κ2) is 8.68. The molecular weight excluding hydrogens is 434 g/mol. The van der Waals surface area contributed by atoms with E-state index in [-0.39, 0.29) is 22.0 Å². The van der Waals surface area contributed by atoms with E-state index >= 15 is 0 Å². The molecule has 1 aliphatic rings. The molecule has 34 heavy (non-hydrogen) atoms. The lowest BCUT2D eigenvalue weighted by Gasteiger charge is -2.34.